The van der Waals surface area contributed by atoms with Crippen molar-refractivity contribution in [3.05, 3.63) is 23.9 Å². The summed E-state index contributed by atoms with van der Waals surface area (Å²) in [4.78, 5) is 6.60. The van der Waals surface area contributed by atoms with Crippen LogP contribution in [0.3, 0.4) is 0 Å². The van der Waals surface area contributed by atoms with Crippen molar-refractivity contribution in [1.29, 1.82) is 0 Å². The van der Waals surface area contributed by atoms with E-state index in [-0.39, 0.29) is 6.61 Å². The van der Waals surface area contributed by atoms with Crippen molar-refractivity contribution in [3.63, 3.8) is 0 Å². The zero-order valence-corrected chi connectivity index (χ0v) is 9.61. The molecule has 1 N–H and O–H groups in total. The number of unbranched alkanes of at least 4 members (excludes halogenated alkanes) is 1. The summed E-state index contributed by atoms with van der Waals surface area (Å²) in [6.45, 7) is 5.96. The Hall–Kier alpha value is -1.09. The number of aryl methyl sites for hydroxylation is 1. The minimum Gasteiger partial charge on any atom is -0.395 e. The fourth-order valence-electron chi connectivity index (χ4n) is 1.52. The Bertz CT molecular complexity index is 289. The lowest BCUT2D eigenvalue weighted by molar-refractivity contribution is 0.301. The average molecular weight is 208 g/mol. The number of nitrogens with zero attached hydrogens (tertiary/aromatic N) is 2. The number of aromatic nitrogens is 1. The van der Waals surface area contributed by atoms with Crippen molar-refractivity contribution in [1.82, 2.24) is 4.98 Å². The molecule has 15 heavy (non-hydrogen) atoms. The summed E-state index contributed by atoms with van der Waals surface area (Å²) in [7, 11) is 0. The molecule has 0 fully saturated rings. The number of pyridine rings is 1. The zero-order chi connectivity index (χ0) is 11.1. The number of hydrogen-bond acceptors (Lipinski definition) is 3. The third-order valence-corrected chi connectivity index (χ3v) is 2.35. The third-order valence-electron chi connectivity index (χ3n) is 2.35. The Balaban J connectivity index is 2.69. The topological polar surface area (TPSA) is 36.4 Å². The first-order valence-corrected chi connectivity index (χ1v) is 5.57. The largest absolute Gasteiger partial charge is 0.395 e. The van der Waals surface area contributed by atoms with Crippen molar-refractivity contribution in [2.24, 2.45) is 0 Å². The highest BCUT2D eigenvalue weighted by Gasteiger charge is 2.06. The SMILES string of the molecule is CCCCN(CCO)c1cccc(C)n1. The number of aliphatic hydroxyl groups excluding tert-OH is 1. The van der Waals surface area contributed by atoms with Gasteiger partial charge >= 0.3 is 0 Å². The minimum absolute atomic E-state index is 0.180. The van der Waals surface area contributed by atoms with E-state index in [0.29, 0.717) is 6.54 Å². The van der Waals surface area contributed by atoms with Crippen LogP contribution in [0.4, 0.5) is 5.82 Å². The molecule has 1 aromatic heterocycles. The van der Waals surface area contributed by atoms with E-state index in [1.165, 1.54) is 0 Å². The van der Waals surface area contributed by atoms with Gasteiger partial charge in [-0.15, -0.1) is 0 Å². The van der Waals surface area contributed by atoms with Gasteiger partial charge in [0.15, 0.2) is 0 Å². The Morgan fingerprint density at radius 1 is 1.33 bits per heavy atom. The maximum atomic E-state index is 9.00. The summed E-state index contributed by atoms with van der Waals surface area (Å²) < 4.78 is 0. The molecule has 1 rings (SSSR count). The molecule has 0 aliphatic heterocycles. The summed E-state index contributed by atoms with van der Waals surface area (Å²) >= 11 is 0. The molecular weight excluding hydrogens is 188 g/mol. The van der Waals surface area contributed by atoms with Crippen LogP contribution in [0, 0.1) is 6.92 Å². The van der Waals surface area contributed by atoms with E-state index in [1.807, 2.05) is 25.1 Å². The van der Waals surface area contributed by atoms with Crippen LogP contribution in [-0.2, 0) is 0 Å². The van der Waals surface area contributed by atoms with Gasteiger partial charge < -0.3 is 10.0 Å². The van der Waals surface area contributed by atoms with Crippen molar-refractivity contribution in [2.75, 3.05) is 24.6 Å². The fraction of sp³-hybridized carbons (Fsp3) is 0.583. The molecule has 0 spiro atoms. The van der Waals surface area contributed by atoms with E-state index in [9.17, 15) is 0 Å². The van der Waals surface area contributed by atoms with Gasteiger partial charge in [-0.3, -0.25) is 0 Å². The second kappa shape index (κ2) is 6.40. The summed E-state index contributed by atoms with van der Waals surface area (Å²) in [5.41, 5.74) is 1.02. The Morgan fingerprint density at radius 2 is 2.13 bits per heavy atom. The highest BCUT2D eigenvalue weighted by Crippen LogP contribution is 2.11. The normalized spacial score (nSPS) is 10.3. The van der Waals surface area contributed by atoms with Crippen LogP contribution in [0.1, 0.15) is 25.5 Å². The third kappa shape index (κ3) is 3.88. The predicted octanol–water partition coefficient (Wildman–Crippen LogP) is 1.99. The van der Waals surface area contributed by atoms with Crippen LogP contribution >= 0.6 is 0 Å². The Kier molecular flexibility index (Phi) is 5.12. The molecule has 1 aromatic rings. The maximum absolute atomic E-state index is 9.00. The number of hydrogen-bond donors (Lipinski definition) is 1. The highest BCUT2D eigenvalue weighted by atomic mass is 16.3. The first-order chi connectivity index (χ1) is 7.27. The molecule has 0 aliphatic rings. The van der Waals surface area contributed by atoms with Crippen LogP contribution in [0.25, 0.3) is 0 Å². The molecule has 3 heteroatoms. The molecule has 0 atom stereocenters. The van der Waals surface area contributed by atoms with Gasteiger partial charge in [-0.25, -0.2) is 4.98 Å². The second-order valence-corrected chi connectivity index (χ2v) is 3.70. The average Bonchev–Trinajstić information content (AvgIpc) is 2.24. The summed E-state index contributed by atoms with van der Waals surface area (Å²) in [6.07, 6.45) is 2.30. The van der Waals surface area contributed by atoms with Gasteiger partial charge in [0.05, 0.1) is 6.61 Å². The molecule has 0 aliphatic carbocycles. The highest BCUT2D eigenvalue weighted by molar-refractivity contribution is 5.38. The quantitative estimate of drug-likeness (QED) is 0.776. The Morgan fingerprint density at radius 3 is 2.73 bits per heavy atom. The smallest absolute Gasteiger partial charge is 0.128 e. The molecule has 0 bridgehead atoms. The van der Waals surface area contributed by atoms with E-state index in [1.54, 1.807) is 0 Å². The van der Waals surface area contributed by atoms with Gasteiger partial charge in [0.1, 0.15) is 5.82 Å². The minimum atomic E-state index is 0.180. The van der Waals surface area contributed by atoms with Crippen LogP contribution in [0.15, 0.2) is 18.2 Å². The van der Waals surface area contributed by atoms with Crippen LogP contribution in [0.2, 0.25) is 0 Å². The summed E-state index contributed by atoms with van der Waals surface area (Å²) in [5.74, 6) is 0.970. The van der Waals surface area contributed by atoms with Crippen molar-refractivity contribution < 1.29 is 5.11 Å². The van der Waals surface area contributed by atoms with Gasteiger partial charge in [0, 0.05) is 18.8 Å². The van der Waals surface area contributed by atoms with Gasteiger partial charge in [-0.1, -0.05) is 19.4 Å². The number of anilines is 1. The van der Waals surface area contributed by atoms with E-state index in [4.69, 9.17) is 5.11 Å². The van der Waals surface area contributed by atoms with Crippen LogP contribution in [-0.4, -0.2) is 29.8 Å². The molecule has 1 heterocycles. The molecule has 3 nitrogen and oxygen atoms in total. The van der Waals surface area contributed by atoms with Gasteiger partial charge in [0.25, 0.3) is 0 Å². The molecule has 84 valence electrons. The summed E-state index contributed by atoms with van der Waals surface area (Å²) in [5, 5.41) is 9.00. The lowest BCUT2D eigenvalue weighted by Crippen LogP contribution is -2.28. The molecular formula is C12H20N2O. The van der Waals surface area contributed by atoms with Crippen molar-refractivity contribution in [3.8, 4) is 0 Å². The van der Waals surface area contributed by atoms with Gasteiger partial charge in [0.2, 0.25) is 0 Å². The van der Waals surface area contributed by atoms with E-state index in [0.717, 1.165) is 30.9 Å². The standard InChI is InChI=1S/C12H20N2O/c1-3-4-8-14(9-10-15)12-7-5-6-11(2)13-12/h5-7,15H,3-4,8-10H2,1-2H3. The number of aliphatic hydroxyl groups is 1. The molecule has 0 saturated heterocycles. The first-order valence-electron chi connectivity index (χ1n) is 5.57. The number of rotatable bonds is 6. The molecule has 0 aromatic carbocycles. The maximum Gasteiger partial charge on any atom is 0.128 e. The molecule has 0 radical (unpaired) electrons. The predicted molar refractivity (Wildman–Crippen MR) is 63.2 cm³/mol. The van der Waals surface area contributed by atoms with E-state index < -0.39 is 0 Å². The van der Waals surface area contributed by atoms with E-state index in [2.05, 4.69) is 16.8 Å². The van der Waals surface area contributed by atoms with E-state index >= 15 is 0 Å². The molecule has 0 amide bonds. The summed E-state index contributed by atoms with van der Waals surface area (Å²) in [6, 6.07) is 5.99. The first kappa shape index (κ1) is 12.0. The van der Waals surface area contributed by atoms with Crippen molar-refractivity contribution in [2.45, 2.75) is 26.7 Å². The van der Waals surface area contributed by atoms with Crippen LogP contribution < -0.4 is 4.90 Å². The van der Waals surface area contributed by atoms with Crippen molar-refractivity contribution >= 4 is 5.82 Å². The second-order valence-electron chi connectivity index (χ2n) is 3.70. The Labute approximate surface area is 91.8 Å². The fourth-order valence-corrected chi connectivity index (χ4v) is 1.52. The van der Waals surface area contributed by atoms with Gasteiger partial charge in [-0.2, -0.15) is 0 Å². The monoisotopic (exact) mass is 208 g/mol. The molecule has 0 unspecified atom stereocenters. The lowest BCUT2D eigenvalue weighted by Gasteiger charge is -2.22. The van der Waals surface area contributed by atoms with Gasteiger partial charge in [-0.05, 0) is 25.5 Å². The lowest BCUT2D eigenvalue weighted by atomic mass is 10.3. The zero-order valence-electron chi connectivity index (χ0n) is 9.61. The molecule has 0 saturated carbocycles. The van der Waals surface area contributed by atoms with Crippen LogP contribution in [0.5, 0.6) is 0 Å².